The highest BCUT2D eigenvalue weighted by atomic mass is 79.9. The summed E-state index contributed by atoms with van der Waals surface area (Å²) in [5.41, 5.74) is 0.789. The molecule has 0 aliphatic carbocycles. The number of aromatic nitrogens is 1. The minimum atomic E-state index is -2.64. The first-order valence-corrected chi connectivity index (χ1v) is 4.97. The topological polar surface area (TPSA) is 36.7 Å². The molecule has 0 bridgehead atoms. The zero-order chi connectivity index (χ0) is 10.7. The fraction of sp³-hybridized carbons (Fsp3) is 0.333. The average molecular weight is 261 g/mol. The van der Waals surface area contributed by atoms with Crippen LogP contribution in [0.25, 0.3) is 0 Å². The van der Waals surface area contributed by atoms with Crippen LogP contribution in [0.1, 0.15) is 28.9 Å². The van der Waals surface area contributed by atoms with E-state index in [2.05, 4.69) is 20.9 Å². The van der Waals surface area contributed by atoms with E-state index in [0.717, 1.165) is 0 Å². The molecule has 5 heteroatoms. The Hall–Kier alpha value is -1.02. The van der Waals surface area contributed by atoms with Gasteiger partial charge in [0.15, 0.2) is 0 Å². The highest BCUT2D eigenvalue weighted by Gasteiger charge is 2.16. The van der Waals surface area contributed by atoms with Gasteiger partial charge in [-0.25, -0.2) is 13.8 Å². The summed E-state index contributed by atoms with van der Waals surface area (Å²) in [5.74, 6) is 0. The SMILES string of the molecule is Cc1cc(CBr)c(C(F)F)nc1C#N. The van der Waals surface area contributed by atoms with E-state index < -0.39 is 6.43 Å². The molecule has 0 radical (unpaired) electrons. The molecule has 0 atom stereocenters. The smallest absolute Gasteiger partial charge is 0.236 e. The number of alkyl halides is 3. The van der Waals surface area contributed by atoms with Crippen molar-refractivity contribution in [3.63, 3.8) is 0 Å². The highest BCUT2D eigenvalue weighted by molar-refractivity contribution is 9.08. The minimum Gasteiger partial charge on any atom is -0.236 e. The quantitative estimate of drug-likeness (QED) is 0.767. The summed E-state index contributed by atoms with van der Waals surface area (Å²) in [6.07, 6.45) is -2.64. The third kappa shape index (κ3) is 2.07. The normalized spacial score (nSPS) is 10.3. The zero-order valence-corrected chi connectivity index (χ0v) is 8.98. The Morgan fingerprint density at radius 1 is 1.64 bits per heavy atom. The van der Waals surface area contributed by atoms with Crippen molar-refractivity contribution in [3.8, 4) is 6.07 Å². The molecule has 1 aromatic heterocycles. The van der Waals surface area contributed by atoms with E-state index in [-0.39, 0.29) is 11.4 Å². The van der Waals surface area contributed by atoms with E-state index in [4.69, 9.17) is 5.26 Å². The van der Waals surface area contributed by atoms with E-state index >= 15 is 0 Å². The predicted octanol–water partition coefficient (Wildman–Crippen LogP) is 3.09. The van der Waals surface area contributed by atoms with E-state index in [9.17, 15) is 8.78 Å². The van der Waals surface area contributed by atoms with Crippen LogP contribution in [0.15, 0.2) is 6.07 Å². The maximum absolute atomic E-state index is 12.5. The van der Waals surface area contributed by atoms with Crippen molar-refractivity contribution >= 4 is 15.9 Å². The fourth-order valence-electron chi connectivity index (χ4n) is 1.09. The largest absolute Gasteiger partial charge is 0.280 e. The first-order valence-electron chi connectivity index (χ1n) is 3.84. The van der Waals surface area contributed by atoms with E-state index in [1.807, 2.05) is 0 Å². The molecule has 1 aromatic rings. The Kier molecular flexibility index (Phi) is 3.53. The summed E-state index contributed by atoms with van der Waals surface area (Å²) in [7, 11) is 0. The Morgan fingerprint density at radius 2 is 2.29 bits per heavy atom. The van der Waals surface area contributed by atoms with Crippen molar-refractivity contribution in [1.29, 1.82) is 5.26 Å². The van der Waals surface area contributed by atoms with Crippen LogP contribution in [0.5, 0.6) is 0 Å². The molecular formula is C9H7BrF2N2. The van der Waals surface area contributed by atoms with Crippen LogP contribution in [0, 0.1) is 18.3 Å². The molecule has 0 aliphatic heterocycles. The summed E-state index contributed by atoms with van der Waals surface area (Å²) in [6, 6.07) is 3.34. The molecule has 0 N–H and O–H groups in total. The number of pyridine rings is 1. The molecule has 0 aromatic carbocycles. The lowest BCUT2D eigenvalue weighted by Crippen LogP contribution is -2.01. The molecule has 0 spiro atoms. The summed E-state index contributed by atoms with van der Waals surface area (Å²) < 4.78 is 24.9. The van der Waals surface area contributed by atoms with Crippen LogP contribution in [0.2, 0.25) is 0 Å². The van der Waals surface area contributed by atoms with Gasteiger partial charge in [0.2, 0.25) is 0 Å². The van der Waals surface area contributed by atoms with Crippen molar-refractivity contribution in [1.82, 2.24) is 4.98 Å². The molecule has 14 heavy (non-hydrogen) atoms. The first-order chi connectivity index (χ1) is 6.60. The Balaban J connectivity index is 3.34. The summed E-state index contributed by atoms with van der Waals surface area (Å²) >= 11 is 3.10. The van der Waals surface area contributed by atoms with Gasteiger partial charge in [0, 0.05) is 5.33 Å². The Labute approximate surface area is 88.7 Å². The summed E-state index contributed by atoms with van der Waals surface area (Å²) in [5, 5.41) is 8.93. The molecule has 74 valence electrons. The van der Waals surface area contributed by atoms with Gasteiger partial charge in [-0.3, -0.25) is 0 Å². The van der Waals surface area contributed by atoms with E-state index in [1.54, 1.807) is 19.1 Å². The van der Waals surface area contributed by atoms with Gasteiger partial charge < -0.3 is 0 Å². The standard InChI is InChI=1S/C9H7BrF2N2/c1-5-2-6(3-10)8(9(11)12)14-7(5)4-13/h2,9H,3H2,1H3. The number of aryl methyl sites for hydroxylation is 1. The zero-order valence-electron chi connectivity index (χ0n) is 7.39. The minimum absolute atomic E-state index is 0.0602. The summed E-state index contributed by atoms with van der Waals surface area (Å²) in [6.45, 7) is 1.67. The third-order valence-electron chi connectivity index (χ3n) is 1.78. The maximum atomic E-state index is 12.5. The van der Waals surface area contributed by atoms with Crippen molar-refractivity contribution in [2.75, 3.05) is 0 Å². The molecular weight excluding hydrogens is 254 g/mol. The maximum Gasteiger partial charge on any atom is 0.280 e. The second kappa shape index (κ2) is 4.47. The number of nitrogens with zero attached hydrogens (tertiary/aromatic N) is 2. The lowest BCUT2D eigenvalue weighted by atomic mass is 10.1. The molecule has 1 heterocycles. The summed E-state index contributed by atoms with van der Waals surface area (Å²) in [4.78, 5) is 3.62. The number of hydrogen-bond acceptors (Lipinski definition) is 2. The molecule has 0 saturated carbocycles. The number of hydrogen-bond donors (Lipinski definition) is 0. The number of rotatable bonds is 2. The van der Waals surface area contributed by atoms with Crippen LogP contribution in [0.4, 0.5) is 8.78 Å². The lowest BCUT2D eigenvalue weighted by molar-refractivity contribution is 0.145. The van der Waals surface area contributed by atoms with E-state index in [0.29, 0.717) is 16.5 Å². The second-order valence-electron chi connectivity index (χ2n) is 2.74. The third-order valence-corrected chi connectivity index (χ3v) is 2.39. The molecule has 0 fully saturated rings. The van der Waals surface area contributed by atoms with Gasteiger partial charge in [-0.1, -0.05) is 22.0 Å². The van der Waals surface area contributed by atoms with Crippen LogP contribution in [-0.2, 0) is 5.33 Å². The molecule has 0 saturated heterocycles. The monoisotopic (exact) mass is 260 g/mol. The van der Waals surface area contributed by atoms with E-state index in [1.165, 1.54) is 0 Å². The molecule has 1 rings (SSSR count). The van der Waals surface area contributed by atoms with Crippen molar-refractivity contribution in [2.24, 2.45) is 0 Å². The van der Waals surface area contributed by atoms with Gasteiger partial charge in [-0.05, 0) is 18.1 Å². The van der Waals surface area contributed by atoms with Crippen LogP contribution in [-0.4, -0.2) is 4.98 Å². The second-order valence-corrected chi connectivity index (χ2v) is 3.31. The van der Waals surface area contributed by atoms with Gasteiger partial charge in [0.1, 0.15) is 17.5 Å². The van der Waals surface area contributed by atoms with Gasteiger partial charge in [-0.2, -0.15) is 5.26 Å². The van der Waals surface area contributed by atoms with Gasteiger partial charge in [0.05, 0.1) is 0 Å². The fourth-order valence-corrected chi connectivity index (χ4v) is 1.54. The van der Waals surface area contributed by atoms with Gasteiger partial charge in [0.25, 0.3) is 6.43 Å². The Bertz CT molecular complexity index is 385. The van der Waals surface area contributed by atoms with Gasteiger partial charge >= 0.3 is 0 Å². The van der Waals surface area contributed by atoms with Crippen molar-refractivity contribution in [2.45, 2.75) is 18.7 Å². The highest BCUT2D eigenvalue weighted by Crippen LogP contribution is 2.24. The Morgan fingerprint density at radius 3 is 2.71 bits per heavy atom. The average Bonchev–Trinajstić information content (AvgIpc) is 2.16. The lowest BCUT2D eigenvalue weighted by Gasteiger charge is -2.07. The van der Waals surface area contributed by atoms with Crippen LogP contribution < -0.4 is 0 Å². The first kappa shape index (κ1) is 11.1. The van der Waals surface area contributed by atoms with Crippen LogP contribution >= 0.6 is 15.9 Å². The van der Waals surface area contributed by atoms with Crippen molar-refractivity contribution in [3.05, 3.63) is 28.6 Å². The molecule has 2 nitrogen and oxygen atoms in total. The van der Waals surface area contributed by atoms with Crippen molar-refractivity contribution < 1.29 is 8.78 Å². The molecule has 0 amide bonds. The molecule has 0 unspecified atom stereocenters. The predicted molar refractivity (Wildman–Crippen MR) is 51.3 cm³/mol. The molecule has 0 aliphatic rings. The number of nitriles is 1. The number of halogens is 3. The van der Waals surface area contributed by atoms with Gasteiger partial charge in [-0.15, -0.1) is 0 Å². The van der Waals surface area contributed by atoms with Crippen LogP contribution in [0.3, 0.4) is 0 Å².